The van der Waals surface area contributed by atoms with Gasteiger partial charge in [-0.3, -0.25) is 4.79 Å². The molecule has 4 rings (SSSR count). The minimum atomic E-state index is -2.64. The molecule has 2 amide bonds. The lowest BCUT2D eigenvalue weighted by Gasteiger charge is -2.34. The summed E-state index contributed by atoms with van der Waals surface area (Å²) in [6.07, 6.45) is 4.45. The van der Waals surface area contributed by atoms with E-state index in [0.29, 0.717) is 11.3 Å². The Hall–Kier alpha value is -2.82. The fraction of sp³-hybridized carbons (Fsp3) is 0.704. The number of hydrogen-bond acceptors (Lipinski definition) is 6. The van der Waals surface area contributed by atoms with Crippen LogP contribution < -0.4 is 10.6 Å². The van der Waals surface area contributed by atoms with E-state index in [2.05, 4.69) is 15.7 Å². The number of halogens is 2. The van der Waals surface area contributed by atoms with Crippen molar-refractivity contribution in [3.63, 3.8) is 0 Å². The van der Waals surface area contributed by atoms with E-state index >= 15 is 0 Å². The highest BCUT2D eigenvalue weighted by atomic mass is 19.3. The SMILES string of the molecule is CC(C)(C)OC[C@H](NC(=O)OC(C)(C)C)c1cn2ncc([C@H](NC(=O)CC3CC(F)(F)C3)C3CC3)cc2n1. The molecule has 0 bridgehead atoms. The molecule has 11 heteroatoms. The normalized spacial score (nSPS) is 19.5. The van der Waals surface area contributed by atoms with E-state index in [9.17, 15) is 18.4 Å². The van der Waals surface area contributed by atoms with Crippen molar-refractivity contribution in [2.24, 2.45) is 11.8 Å². The van der Waals surface area contributed by atoms with Gasteiger partial charge in [-0.25, -0.2) is 23.1 Å². The molecular formula is C27H39F2N5O4. The Kier molecular flexibility index (Phi) is 7.71. The monoisotopic (exact) mass is 535 g/mol. The predicted octanol–water partition coefficient (Wildman–Crippen LogP) is 5.11. The zero-order valence-corrected chi connectivity index (χ0v) is 23.0. The minimum absolute atomic E-state index is 0.105. The maximum atomic E-state index is 13.2. The van der Waals surface area contributed by atoms with Crippen LogP contribution in [0.15, 0.2) is 18.5 Å². The van der Waals surface area contributed by atoms with Crippen LogP contribution in [0.3, 0.4) is 0 Å². The molecule has 2 aliphatic carbocycles. The van der Waals surface area contributed by atoms with Gasteiger partial charge in [-0.05, 0) is 77.8 Å². The van der Waals surface area contributed by atoms with E-state index in [4.69, 9.17) is 14.5 Å². The second kappa shape index (κ2) is 10.4. The molecule has 9 nitrogen and oxygen atoms in total. The van der Waals surface area contributed by atoms with Crippen LogP contribution >= 0.6 is 0 Å². The molecule has 2 saturated carbocycles. The number of fused-ring (bicyclic) bond motifs is 1. The van der Waals surface area contributed by atoms with Crippen LogP contribution in [0.1, 0.15) is 97.0 Å². The first-order valence-corrected chi connectivity index (χ1v) is 13.2. The van der Waals surface area contributed by atoms with Crippen molar-refractivity contribution >= 4 is 17.6 Å². The summed E-state index contributed by atoms with van der Waals surface area (Å²) in [5.74, 6) is -2.85. The molecule has 0 spiro atoms. The summed E-state index contributed by atoms with van der Waals surface area (Å²) in [6.45, 7) is 11.3. The minimum Gasteiger partial charge on any atom is -0.444 e. The molecule has 0 aliphatic heterocycles. The van der Waals surface area contributed by atoms with E-state index < -0.39 is 29.3 Å². The lowest BCUT2D eigenvalue weighted by atomic mass is 9.79. The van der Waals surface area contributed by atoms with Crippen LogP contribution in [0, 0.1) is 11.8 Å². The van der Waals surface area contributed by atoms with Crippen molar-refractivity contribution in [2.45, 2.75) is 103 Å². The van der Waals surface area contributed by atoms with Crippen LogP contribution in [-0.2, 0) is 14.3 Å². The lowest BCUT2D eigenvalue weighted by molar-refractivity contribution is -0.134. The van der Waals surface area contributed by atoms with Gasteiger partial charge in [-0.1, -0.05) is 0 Å². The maximum absolute atomic E-state index is 13.2. The van der Waals surface area contributed by atoms with E-state index in [1.165, 1.54) is 0 Å². The van der Waals surface area contributed by atoms with Crippen LogP contribution in [-0.4, -0.2) is 50.3 Å². The largest absolute Gasteiger partial charge is 0.444 e. The first-order chi connectivity index (χ1) is 17.6. The third-order valence-corrected chi connectivity index (χ3v) is 6.51. The Bertz CT molecular complexity index is 1160. The molecule has 38 heavy (non-hydrogen) atoms. The highest BCUT2D eigenvalue weighted by Crippen LogP contribution is 2.45. The Labute approximate surface area is 222 Å². The molecule has 0 unspecified atom stereocenters. The topological polar surface area (TPSA) is 107 Å². The zero-order valence-electron chi connectivity index (χ0n) is 23.0. The first kappa shape index (κ1) is 28.2. The zero-order chi connectivity index (χ0) is 27.9. The average Bonchev–Trinajstić information content (AvgIpc) is 3.49. The maximum Gasteiger partial charge on any atom is 0.408 e. The number of rotatable bonds is 9. The van der Waals surface area contributed by atoms with Crippen molar-refractivity contribution in [2.75, 3.05) is 6.61 Å². The highest BCUT2D eigenvalue weighted by molar-refractivity contribution is 5.77. The van der Waals surface area contributed by atoms with Gasteiger partial charge in [-0.2, -0.15) is 5.10 Å². The second-order valence-electron chi connectivity index (χ2n) is 12.6. The summed E-state index contributed by atoms with van der Waals surface area (Å²) in [4.78, 5) is 29.9. The Morgan fingerprint density at radius 1 is 1.13 bits per heavy atom. The third-order valence-electron chi connectivity index (χ3n) is 6.51. The van der Waals surface area contributed by atoms with Crippen molar-refractivity contribution in [3.8, 4) is 0 Å². The summed E-state index contributed by atoms with van der Waals surface area (Å²) in [5.41, 5.74) is 0.845. The van der Waals surface area contributed by atoms with Crippen LogP contribution in [0.5, 0.6) is 0 Å². The van der Waals surface area contributed by atoms with Gasteiger partial charge in [0.1, 0.15) is 5.60 Å². The van der Waals surface area contributed by atoms with E-state index in [-0.39, 0.29) is 49.7 Å². The number of carbonyl (C=O) groups is 2. The van der Waals surface area contributed by atoms with E-state index in [0.717, 1.165) is 18.4 Å². The molecule has 0 saturated heterocycles. The number of carbonyl (C=O) groups excluding carboxylic acids is 2. The van der Waals surface area contributed by atoms with Gasteiger partial charge in [0.25, 0.3) is 0 Å². The average molecular weight is 536 g/mol. The van der Waals surface area contributed by atoms with E-state index in [1.807, 2.05) is 26.8 Å². The van der Waals surface area contributed by atoms with Gasteiger partial charge in [0, 0.05) is 19.3 Å². The fourth-order valence-electron chi connectivity index (χ4n) is 4.56. The number of imidazole rings is 1. The molecule has 2 fully saturated rings. The molecule has 2 aliphatic rings. The molecular weight excluding hydrogens is 496 g/mol. The summed E-state index contributed by atoms with van der Waals surface area (Å²) in [6, 6.07) is 1.04. The molecule has 210 valence electrons. The number of amides is 2. The molecule has 2 heterocycles. The Balaban J connectivity index is 1.50. The highest BCUT2D eigenvalue weighted by Gasteiger charge is 2.46. The number of hydrogen-bond donors (Lipinski definition) is 2. The summed E-state index contributed by atoms with van der Waals surface area (Å²) >= 11 is 0. The molecule has 2 N–H and O–H groups in total. The Morgan fingerprint density at radius 2 is 1.82 bits per heavy atom. The second-order valence-corrected chi connectivity index (χ2v) is 12.6. The number of alkyl carbamates (subject to hydrolysis) is 1. The fourth-order valence-corrected chi connectivity index (χ4v) is 4.56. The summed E-state index contributed by atoms with van der Waals surface area (Å²) in [5, 5.41) is 10.4. The Morgan fingerprint density at radius 3 is 2.39 bits per heavy atom. The number of nitrogens with one attached hydrogen (secondary N) is 2. The quantitative estimate of drug-likeness (QED) is 0.462. The van der Waals surface area contributed by atoms with Crippen molar-refractivity contribution in [3.05, 3.63) is 29.7 Å². The predicted molar refractivity (Wildman–Crippen MR) is 137 cm³/mol. The standard InChI is InChI=1S/C27H39F2N5O4/c1-25(2,3)37-15-20(32-24(36)38-26(4,5)6)19-14-34-21(31-19)10-18(13-30-34)23(17-7-8-17)33-22(35)9-16-11-27(28,29)12-16/h10,13-14,16-17,20,23H,7-9,11-12,15H2,1-6H3,(H,32,36)(H,33,35)/t20-,23+/m0/s1. The van der Waals surface area contributed by atoms with Gasteiger partial charge in [-0.15, -0.1) is 0 Å². The first-order valence-electron chi connectivity index (χ1n) is 13.2. The van der Waals surface area contributed by atoms with Crippen molar-refractivity contribution in [1.29, 1.82) is 0 Å². The lowest BCUT2D eigenvalue weighted by Crippen LogP contribution is -2.39. The molecule has 0 radical (unpaired) electrons. The van der Waals surface area contributed by atoms with Crippen molar-refractivity contribution in [1.82, 2.24) is 25.2 Å². The molecule has 0 aromatic carbocycles. The third kappa shape index (κ3) is 7.85. The molecule has 2 atom stereocenters. The van der Waals surface area contributed by atoms with E-state index in [1.54, 1.807) is 37.7 Å². The van der Waals surface area contributed by atoms with Crippen LogP contribution in [0.4, 0.5) is 13.6 Å². The van der Waals surface area contributed by atoms with Crippen molar-refractivity contribution < 1.29 is 27.8 Å². The number of nitrogens with zero attached hydrogens (tertiary/aromatic N) is 3. The van der Waals surface area contributed by atoms with Gasteiger partial charge in [0.2, 0.25) is 11.8 Å². The number of alkyl halides is 2. The number of ether oxygens (including phenoxy) is 2. The van der Waals surface area contributed by atoms with Gasteiger partial charge < -0.3 is 20.1 Å². The van der Waals surface area contributed by atoms with Crippen LogP contribution in [0.2, 0.25) is 0 Å². The van der Waals surface area contributed by atoms with Gasteiger partial charge in [0.05, 0.1) is 42.4 Å². The van der Waals surface area contributed by atoms with Crippen LogP contribution in [0.25, 0.3) is 5.65 Å². The number of aromatic nitrogens is 3. The van der Waals surface area contributed by atoms with Gasteiger partial charge >= 0.3 is 6.09 Å². The molecule has 2 aromatic heterocycles. The van der Waals surface area contributed by atoms with Gasteiger partial charge in [0.15, 0.2) is 5.65 Å². The summed E-state index contributed by atoms with van der Waals surface area (Å²) in [7, 11) is 0. The molecule has 2 aromatic rings. The summed E-state index contributed by atoms with van der Waals surface area (Å²) < 4.78 is 39.3. The smallest absolute Gasteiger partial charge is 0.408 e.